The first-order chi connectivity index (χ1) is 15.4. The number of carbonyl (C=O) groups excluding carboxylic acids is 1. The van der Waals surface area contributed by atoms with E-state index in [2.05, 4.69) is 27.2 Å². The molecule has 0 bridgehead atoms. The van der Waals surface area contributed by atoms with Crippen LogP contribution in [0.15, 0.2) is 48.9 Å². The van der Waals surface area contributed by atoms with E-state index in [0.717, 1.165) is 24.0 Å². The van der Waals surface area contributed by atoms with E-state index in [-0.39, 0.29) is 28.7 Å². The predicted octanol–water partition coefficient (Wildman–Crippen LogP) is 4.99. The second-order valence-corrected chi connectivity index (χ2v) is 8.65. The summed E-state index contributed by atoms with van der Waals surface area (Å²) >= 11 is 5.79. The van der Waals surface area contributed by atoms with E-state index < -0.39 is 5.82 Å². The number of pyridine rings is 1. The molecule has 32 heavy (non-hydrogen) atoms. The molecule has 2 atom stereocenters. The SMILES string of the molecule is Cc1cnc(-c2ccc(C(=O)N3CCC[C@@H](C)[C@H]3CNc3ncc(Cl)cc3F)cc2)nc1. The summed E-state index contributed by atoms with van der Waals surface area (Å²) in [4.78, 5) is 27.9. The van der Waals surface area contributed by atoms with E-state index >= 15 is 0 Å². The highest BCUT2D eigenvalue weighted by atomic mass is 35.5. The number of nitrogens with one attached hydrogen (secondary N) is 1. The maximum atomic E-state index is 14.1. The summed E-state index contributed by atoms with van der Waals surface area (Å²) in [6, 6.07) is 8.50. The molecule has 0 radical (unpaired) electrons. The molecule has 0 aliphatic carbocycles. The first-order valence-corrected chi connectivity index (χ1v) is 11.0. The van der Waals surface area contributed by atoms with E-state index in [0.29, 0.717) is 24.5 Å². The number of aryl methyl sites for hydroxylation is 1. The fraction of sp³-hybridized carbons (Fsp3) is 0.333. The van der Waals surface area contributed by atoms with Crippen LogP contribution in [-0.4, -0.2) is 44.9 Å². The van der Waals surface area contributed by atoms with Crippen LogP contribution in [0.25, 0.3) is 11.4 Å². The normalized spacial score (nSPS) is 18.4. The Kier molecular flexibility index (Phi) is 6.65. The van der Waals surface area contributed by atoms with Crippen LogP contribution in [0, 0.1) is 18.7 Å². The predicted molar refractivity (Wildman–Crippen MR) is 123 cm³/mol. The van der Waals surface area contributed by atoms with Gasteiger partial charge in [0.25, 0.3) is 5.91 Å². The zero-order valence-corrected chi connectivity index (χ0v) is 18.8. The van der Waals surface area contributed by atoms with Crippen molar-refractivity contribution in [2.75, 3.05) is 18.4 Å². The number of carbonyl (C=O) groups is 1. The van der Waals surface area contributed by atoms with Crippen LogP contribution in [0.3, 0.4) is 0 Å². The number of hydrogen-bond acceptors (Lipinski definition) is 5. The number of benzene rings is 1. The van der Waals surface area contributed by atoms with Crippen molar-refractivity contribution >= 4 is 23.3 Å². The number of amides is 1. The van der Waals surface area contributed by atoms with E-state index in [1.165, 1.54) is 12.3 Å². The van der Waals surface area contributed by atoms with Gasteiger partial charge in [-0.1, -0.05) is 30.7 Å². The molecule has 8 heteroatoms. The van der Waals surface area contributed by atoms with Gasteiger partial charge in [0.1, 0.15) is 0 Å². The molecule has 0 saturated carbocycles. The summed E-state index contributed by atoms with van der Waals surface area (Å²) in [6.45, 7) is 5.13. The molecule has 3 aromatic rings. The van der Waals surface area contributed by atoms with Gasteiger partial charge in [-0.25, -0.2) is 19.3 Å². The van der Waals surface area contributed by atoms with Crippen LogP contribution in [0.1, 0.15) is 35.7 Å². The fourth-order valence-corrected chi connectivity index (χ4v) is 4.17. The number of rotatable bonds is 5. The van der Waals surface area contributed by atoms with Crippen LogP contribution >= 0.6 is 11.6 Å². The lowest BCUT2D eigenvalue weighted by Gasteiger charge is -2.40. The number of halogens is 2. The van der Waals surface area contributed by atoms with Gasteiger partial charge in [0.05, 0.1) is 11.1 Å². The molecular weight excluding hydrogens is 429 g/mol. The van der Waals surface area contributed by atoms with Crippen LogP contribution in [0.4, 0.5) is 10.2 Å². The molecule has 1 fully saturated rings. The second-order valence-electron chi connectivity index (χ2n) is 8.21. The zero-order chi connectivity index (χ0) is 22.7. The summed E-state index contributed by atoms with van der Waals surface area (Å²) in [7, 11) is 0. The lowest BCUT2D eigenvalue weighted by Crippen LogP contribution is -2.51. The molecule has 166 valence electrons. The van der Waals surface area contributed by atoms with E-state index in [1.54, 1.807) is 12.4 Å². The van der Waals surface area contributed by atoms with E-state index in [4.69, 9.17) is 11.6 Å². The van der Waals surface area contributed by atoms with Gasteiger partial charge >= 0.3 is 0 Å². The van der Waals surface area contributed by atoms with Crippen molar-refractivity contribution < 1.29 is 9.18 Å². The monoisotopic (exact) mass is 453 g/mol. The Balaban J connectivity index is 1.49. The van der Waals surface area contributed by atoms with Gasteiger partial charge in [0.15, 0.2) is 17.5 Å². The van der Waals surface area contributed by atoms with Crippen molar-refractivity contribution in [1.82, 2.24) is 19.9 Å². The summed E-state index contributed by atoms with van der Waals surface area (Å²) in [5.41, 5.74) is 2.46. The van der Waals surface area contributed by atoms with Gasteiger partial charge < -0.3 is 10.2 Å². The molecule has 4 rings (SSSR count). The van der Waals surface area contributed by atoms with Crippen molar-refractivity contribution in [3.63, 3.8) is 0 Å². The quantitative estimate of drug-likeness (QED) is 0.589. The summed E-state index contributed by atoms with van der Waals surface area (Å²) in [5, 5.41) is 3.30. The minimum absolute atomic E-state index is 0.0377. The highest BCUT2D eigenvalue weighted by Gasteiger charge is 2.32. The number of piperidine rings is 1. The average molecular weight is 454 g/mol. The highest BCUT2D eigenvalue weighted by molar-refractivity contribution is 6.30. The molecule has 1 aromatic carbocycles. The Morgan fingerprint density at radius 3 is 2.59 bits per heavy atom. The molecule has 6 nitrogen and oxygen atoms in total. The van der Waals surface area contributed by atoms with Gasteiger partial charge in [0, 0.05) is 42.8 Å². The first-order valence-electron chi connectivity index (χ1n) is 10.7. The van der Waals surface area contributed by atoms with E-state index in [9.17, 15) is 9.18 Å². The van der Waals surface area contributed by atoms with E-state index in [1.807, 2.05) is 36.1 Å². The Morgan fingerprint density at radius 1 is 1.19 bits per heavy atom. The van der Waals surface area contributed by atoms with Crippen LogP contribution in [0.2, 0.25) is 5.02 Å². The molecule has 3 heterocycles. The zero-order valence-electron chi connectivity index (χ0n) is 18.1. The largest absolute Gasteiger partial charge is 0.366 e. The van der Waals surface area contributed by atoms with Crippen molar-refractivity contribution in [2.45, 2.75) is 32.7 Å². The molecular formula is C24H25ClFN5O. The van der Waals surface area contributed by atoms with Gasteiger partial charge in [-0.05, 0) is 49.4 Å². The summed E-state index contributed by atoms with van der Waals surface area (Å²) in [5.74, 6) is 0.496. The molecule has 1 amide bonds. The molecule has 2 aromatic heterocycles. The number of nitrogens with zero attached hydrogens (tertiary/aromatic N) is 4. The fourth-order valence-electron chi connectivity index (χ4n) is 4.03. The molecule has 0 unspecified atom stereocenters. The Hall–Kier alpha value is -3.06. The molecule has 0 spiro atoms. The Bertz CT molecular complexity index is 1090. The molecule has 1 aliphatic heterocycles. The summed E-state index contributed by atoms with van der Waals surface area (Å²) in [6.07, 6.45) is 6.89. The smallest absolute Gasteiger partial charge is 0.254 e. The minimum Gasteiger partial charge on any atom is -0.366 e. The average Bonchev–Trinajstić information content (AvgIpc) is 2.79. The topological polar surface area (TPSA) is 71.0 Å². The molecule has 1 aliphatic rings. The van der Waals surface area contributed by atoms with Gasteiger partial charge in [-0.2, -0.15) is 0 Å². The maximum Gasteiger partial charge on any atom is 0.254 e. The third-order valence-electron chi connectivity index (χ3n) is 5.83. The van der Waals surface area contributed by atoms with Crippen LogP contribution in [0.5, 0.6) is 0 Å². The van der Waals surface area contributed by atoms with Crippen molar-refractivity contribution in [1.29, 1.82) is 0 Å². The van der Waals surface area contributed by atoms with Gasteiger partial charge in [-0.15, -0.1) is 0 Å². The number of anilines is 1. The Morgan fingerprint density at radius 2 is 1.91 bits per heavy atom. The molecule has 1 N–H and O–H groups in total. The third kappa shape index (κ3) is 4.88. The third-order valence-corrected chi connectivity index (χ3v) is 6.04. The maximum absolute atomic E-state index is 14.1. The van der Waals surface area contributed by atoms with Crippen molar-refractivity contribution in [3.8, 4) is 11.4 Å². The lowest BCUT2D eigenvalue weighted by atomic mass is 9.90. The number of hydrogen-bond donors (Lipinski definition) is 1. The second kappa shape index (κ2) is 9.61. The van der Waals surface area contributed by atoms with Gasteiger partial charge in [0.2, 0.25) is 0 Å². The van der Waals surface area contributed by atoms with Crippen molar-refractivity contribution in [2.24, 2.45) is 5.92 Å². The molecule has 1 saturated heterocycles. The Labute approximate surface area is 191 Å². The summed E-state index contributed by atoms with van der Waals surface area (Å²) < 4.78 is 14.1. The minimum atomic E-state index is -0.507. The van der Waals surface area contributed by atoms with Crippen molar-refractivity contribution in [3.05, 3.63) is 70.9 Å². The number of aromatic nitrogens is 3. The first kappa shape index (κ1) is 22.1. The van der Waals surface area contributed by atoms with Crippen LogP contribution < -0.4 is 5.32 Å². The highest BCUT2D eigenvalue weighted by Crippen LogP contribution is 2.26. The standard InChI is InChI=1S/C24H25ClFN5O/c1-15-11-27-22(28-12-15)17-5-7-18(8-6-17)24(32)31-9-3-4-16(2)21(31)14-30-23-20(26)10-19(25)13-29-23/h5-8,10-13,16,21H,3-4,9,14H2,1-2H3,(H,29,30)/t16-,21-/m1/s1. The van der Waals surface area contributed by atoms with Gasteiger partial charge in [-0.3, -0.25) is 4.79 Å². The lowest BCUT2D eigenvalue weighted by molar-refractivity contribution is 0.0540. The van der Waals surface area contributed by atoms with Crippen LogP contribution in [-0.2, 0) is 0 Å². The number of likely N-dealkylation sites (tertiary alicyclic amines) is 1.